The van der Waals surface area contributed by atoms with E-state index in [9.17, 15) is 4.79 Å². The molecule has 3 rings (SSSR count). The maximum Gasteiger partial charge on any atom is 0.219 e. The second-order valence-electron chi connectivity index (χ2n) is 4.99. The van der Waals surface area contributed by atoms with E-state index in [1.54, 1.807) is 0 Å². The summed E-state index contributed by atoms with van der Waals surface area (Å²) >= 11 is 0. The van der Waals surface area contributed by atoms with E-state index in [0.717, 1.165) is 19.3 Å². The van der Waals surface area contributed by atoms with Crippen molar-refractivity contribution < 1.29 is 4.79 Å². The third kappa shape index (κ3) is 1.90. The Morgan fingerprint density at radius 3 is 3.11 bits per heavy atom. The zero-order valence-electron chi connectivity index (χ0n) is 10.6. The summed E-state index contributed by atoms with van der Waals surface area (Å²) in [6, 6.07) is 8.73. The Kier molecular flexibility index (Phi) is 2.82. The van der Waals surface area contributed by atoms with E-state index in [0.29, 0.717) is 6.42 Å². The molecule has 1 heterocycles. The molecule has 2 aromatic rings. The Morgan fingerprint density at radius 2 is 2.28 bits per heavy atom. The van der Waals surface area contributed by atoms with Crippen LogP contribution in [0.25, 0.3) is 10.9 Å². The molecule has 1 unspecified atom stereocenters. The lowest BCUT2D eigenvalue weighted by molar-refractivity contribution is -0.121. The number of hydrogen-bond acceptors (Lipinski definition) is 1. The van der Waals surface area contributed by atoms with Crippen LogP contribution in [0.2, 0.25) is 0 Å². The highest BCUT2D eigenvalue weighted by Crippen LogP contribution is 2.28. The standard InChI is InChI=1S/C15H18N2O/c1-2-15(18)16-10-7-8-12-11-5-3-4-6-13(11)17-14(12)9-10/h3-6,10,17H,2,7-9H2,1H3,(H,16,18). The second kappa shape index (κ2) is 4.48. The van der Waals surface area contributed by atoms with Crippen LogP contribution in [0.4, 0.5) is 0 Å². The molecule has 1 amide bonds. The van der Waals surface area contributed by atoms with Crippen LogP contribution >= 0.6 is 0 Å². The van der Waals surface area contributed by atoms with E-state index >= 15 is 0 Å². The fraction of sp³-hybridized carbons (Fsp3) is 0.400. The lowest BCUT2D eigenvalue weighted by Gasteiger charge is -2.23. The predicted octanol–water partition coefficient (Wildman–Crippen LogP) is 2.55. The molecule has 0 fully saturated rings. The number of aryl methyl sites for hydroxylation is 1. The summed E-state index contributed by atoms with van der Waals surface area (Å²) in [5, 5.41) is 4.44. The fourth-order valence-corrected chi connectivity index (χ4v) is 2.84. The number of aromatic nitrogens is 1. The number of H-pyrrole nitrogens is 1. The van der Waals surface area contributed by atoms with Gasteiger partial charge < -0.3 is 10.3 Å². The third-order valence-electron chi connectivity index (χ3n) is 3.78. The zero-order chi connectivity index (χ0) is 12.5. The number of para-hydroxylation sites is 1. The van der Waals surface area contributed by atoms with Crippen LogP contribution in [0.15, 0.2) is 24.3 Å². The first-order valence-electron chi connectivity index (χ1n) is 6.65. The lowest BCUT2D eigenvalue weighted by Crippen LogP contribution is -2.38. The average Bonchev–Trinajstić information content (AvgIpc) is 2.76. The molecule has 1 aromatic carbocycles. The monoisotopic (exact) mass is 242 g/mol. The quantitative estimate of drug-likeness (QED) is 0.835. The Hall–Kier alpha value is -1.77. The van der Waals surface area contributed by atoms with Gasteiger partial charge in [0, 0.05) is 35.5 Å². The minimum Gasteiger partial charge on any atom is -0.358 e. The summed E-state index contributed by atoms with van der Waals surface area (Å²) in [6.07, 6.45) is 3.58. The minimum atomic E-state index is 0.152. The van der Waals surface area contributed by atoms with Crippen molar-refractivity contribution in [2.24, 2.45) is 0 Å². The van der Waals surface area contributed by atoms with Crippen molar-refractivity contribution in [3.63, 3.8) is 0 Å². The highest BCUT2D eigenvalue weighted by atomic mass is 16.1. The SMILES string of the molecule is CCC(=O)NC1CCc2c([nH]c3ccccc23)C1. The molecule has 0 saturated heterocycles. The molecule has 1 aromatic heterocycles. The first kappa shape index (κ1) is 11.3. The summed E-state index contributed by atoms with van der Waals surface area (Å²) in [6.45, 7) is 1.90. The summed E-state index contributed by atoms with van der Waals surface area (Å²) in [5.41, 5.74) is 3.95. The molecule has 18 heavy (non-hydrogen) atoms. The predicted molar refractivity (Wildman–Crippen MR) is 72.5 cm³/mol. The van der Waals surface area contributed by atoms with Crippen molar-refractivity contribution in [3.05, 3.63) is 35.5 Å². The van der Waals surface area contributed by atoms with Crippen LogP contribution in [0, 0.1) is 0 Å². The van der Waals surface area contributed by atoms with E-state index in [-0.39, 0.29) is 11.9 Å². The van der Waals surface area contributed by atoms with Gasteiger partial charge in [-0.3, -0.25) is 4.79 Å². The van der Waals surface area contributed by atoms with Crippen LogP contribution in [-0.4, -0.2) is 16.9 Å². The van der Waals surface area contributed by atoms with Crippen LogP contribution in [-0.2, 0) is 17.6 Å². The number of carbonyl (C=O) groups is 1. The van der Waals surface area contributed by atoms with Crippen molar-refractivity contribution in [2.75, 3.05) is 0 Å². The number of aromatic amines is 1. The van der Waals surface area contributed by atoms with Gasteiger partial charge in [-0.05, 0) is 24.5 Å². The number of hydrogen-bond donors (Lipinski definition) is 2. The smallest absolute Gasteiger partial charge is 0.219 e. The highest BCUT2D eigenvalue weighted by molar-refractivity contribution is 5.85. The van der Waals surface area contributed by atoms with Crippen molar-refractivity contribution in [3.8, 4) is 0 Å². The van der Waals surface area contributed by atoms with Gasteiger partial charge in [-0.25, -0.2) is 0 Å². The molecule has 3 heteroatoms. The molecule has 0 aliphatic heterocycles. The topological polar surface area (TPSA) is 44.9 Å². The van der Waals surface area contributed by atoms with E-state index < -0.39 is 0 Å². The Morgan fingerprint density at radius 1 is 1.44 bits per heavy atom. The fourth-order valence-electron chi connectivity index (χ4n) is 2.84. The highest BCUT2D eigenvalue weighted by Gasteiger charge is 2.22. The van der Waals surface area contributed by atoms with Crippen molar-refractivity contribution in [2.45, 2.75) is 38.6 Å². The zero-order valence-corrected chi connectivity index (χ0v) is 10.6. The Bertz CT molecular complexity index is 585. The first-order chi connectivity index (χ1) is 8.78. The lowest BCUT2D eigenvalue weighted by atomic mass is 9.91. The van der Waals surface area contributed by atoms with Gasteiger partial charge in [-0.2, -0.15) is 0 Å². The minimum absolute atomic E-state index is 0.152. The summed E-state index contributed by atoms with van der Waals surface area (Å²) in [5.74, 6) is 0.152. The van der Waals surface area contributed by atoms with Gasteiger partial charge >= 0.3 is 0 Å². The van der Waals surface area contributed by atoms with Crippen LogP contribution in [0.1, 0.15) is 31.0 Å². The van der Waals surface area contributed by atoms with Crippen molar-refractivity contribution in [1.82, 2.24) is 10.3 Å². The van der Waals surface area contributed by atoms with Crippen LogP contribution in [0.5, 0.6) is 0 Å². The normalized spacial score (nSPS) is 18.6. The maximum absolute atomic E-state index is 11.4. The van der Waals surface area contributed by atoms with Crippen molar-refractivity contribution in [1.29, 1.82) is 0 Å². The van der Waals surface area contributed by atoms with Gasteiger partial charge in [0.15, 0.2) is 0 Å². The second-order valence-corrected chi connectivity index (χ2v) is 4.99. The maximum atomic E-state index is 11.4. The summed E-state index contributed by atoms with van der Waals surface area (Å²) in [4.78, 5) is 14.9. The molecule has 1 aliphatic rings. The molecular formula is C15H18N2O. The first-order valence-corrected chi connectivity index (χ1v) is 6.65. The van der Waals surface area contributed by atoms with Crippen LogP contribution < -0.4 is 5.32 Å². The molecule has 1 aliphatic carbocycles. The van der Waals surface area contributed by atoms with E-state index in [2.05, 4.69) is 34.6 Å². The van der Waals surface area contributed by atoms with Gasteiger partial charge in [0.1, 0.15) is 0 Å². The Labute approximate surface area is 107 Å². The van der Waals surface area contributed by atoms with Gasteiger partial charge in [-0.1, -0.05) is 25.1 Å². The molecule has 2 N–H and O–H groups in total. The number of benzene rings is 1. The van der Waals surface area contributed by atoms with E-state index in [1.165, 1.54) is 22.2 Å². The average molecular weight is 242 g/mol. The number of fused-ring (bicyclic) bond motifs is 3. The number of carbonyl (C=O) groups excluding carboxylic acids is 1. The molecule has 0 spiro atoms. The molecule has 94 valence electrons. The molecule has 0 saturated carbocycles. The van der Waals surface area contributed by atoms with Gasteiger partial charge in [0.05, 0.1) is 0 Å². The Balaban J connectivity index is 1.87. The molecule has 1 atom stereocenters. The summed E-state index contributed by atoms with van der Waals surface area (Å²) in [7, 11) is 0. The van der Waals surface area contributed by atoms with E-state index in [4.69, 9.17) is 0 Å². The molecule has 0 radical (unpaired) electrons. The van der Waals surface area contributed by atoms with E-state index in [1.807, 2.05) is 6.92 Å². The number of rotatable bonds is 2. The van der Waals surface area contributed by atoms with Gasteiger partial charge in [0.2, 0.25) is 5.91 Å². The number of amides is 1. The third-order valence-corrected chi connectivity index (χ3v) is 3.78. The van der Waals surface area contributed by atoms with Gasteiger partial charge in [-0.15, -0.1) is 0 Å². The molecule has 3 nitrogen and oxygen atoms in total. The molecule has 0 bridgehead atoms. The van der Waals surface area contributed by atoms with Gasteiger partial charge in [0.25, 0.3) is 0 Å². The summed E-state index contributed by atoms with van der Waals surface area (Å²) < 4.78 is 0. The van der Waals surface area contributed by atoms with Crippen LogP contribution in [0.3, 0.4) is 0 Å². The largest absolute Gasteiger partial charge is 0.358 e. The van der Waals surface area contributed by atoms with Crippen molar-refractivity contribution >= 4 is 16.8 Å². The number of nitrogens with one attached hydrogen (secondary N) is 2. The molecular weight excluding hydrogens is 224 g/mol.